The molecule has 1 aliphatic rings. The summed E-state index contributed by atoms with van der Waals surface area (Å²) in [7, 11) is 0. The van der Waals surface area contributed by atoms with Gasteiger partial charge in [0.1, 0.15) is 5.75 Å². The highest BCUT2D eigenvalue weighted by Crippen LogP contribution is 2.23. The number of benzene rings is 1. The number of aromatic hydroxyl groups is 1. The van der Waals surface area contributed by atoms with E-state index in [1.807, 2.05) is 26.0 Å². The fourth-order valence-corrected chi connectivity index (χ4v) is 3.07. The lowest BCUT2D eigenvalue weighted by molar-refractivity contribution is 0.410. The minimum atomic E-state index is 0.389. The van der Waals surface area contributed by atoms with Crippen LogP contribution in [0.1, 0.15) is 55.7 Å². The highest BCUT2D eigenvalue weighted by Gasteiger charge is 2.14. The van der Waals surface area contributed by atoms with Gasteiger partial charge in [0.05, 0.1) is 6.54 Å². The molecule has 0 atom stereocenters. The number of nitrogens with zero attached hydrogens (tertiary/aromatic N) is 1. The highest BCUT2D eigenvalue weighted by molar-refractivity contribution is 5.80. The van der Waals surface area contributed by atoms with Crippen LogP contribution in [0.3, 0.4) is 0 Å². The van der Waals surface area contributed by atoms with Crippen LogP contribution < -0.4 is 10.6 Å². The number of hydrogen-bond donors (Lipinski definition) is 3. The average molecular weight is 303 g/mol. The maximum absolute atomic E-state index is 9.85. The molecule has 22 heavy (non-hydrogen) atoms. The topological polar surface area (TPSA) is 56.7 Å². The monoisotopic (exact) mass is 303 g/mol. The molecule has 0 aliphatic heterocycles. The Morgan fingerprint density at radius 1 is 1.18 bits per heavy atom. The van der Waals surface area contributed by atoms with E-state index in [1.165, 1.54) is 32.1 Å². The number of aryl methyl sites for hydroxylation is 2. The normalized spacial score (nSPS) is 16.6. The molecule has 1 aliphatic carbocycles. The smallest absolute Gasteiger partial charge is 0.191 e. The van der Waals surface area contributed by atoms with Crippen molar-refractivity contribution in [3.63, 3.8) is 0 Å². The molecule has 122 valence electrons. The quantitative estimate of drug-likeness (QED) is 0.590. The fraction of sp³-hybridized carbons (Fsp3) is 0.611. The second-order valence-corrected chi connectivity index (χ2v) is 6.25. The van der Waals surface area contributed by atoms with E-state index < -0.39 is 0 Å². The Morgan fingerprint density at radius 2 is 1.82 bits per heavy atom. The van der Waals surface area contributed by atoms with E-state index in [1.54, 1.807) is 0 Å². The fourth-order valence-electron chi connectivity index (χ4n) is 3.07. The van der Waals surface area contributed by atoms with Gasteiger partial charge in [-0.3, -0.25) is 0 Å². The van der Waals surface area contributed by atoms with Gasteiger partial charge >= 0.3 is 0 Å². The first-order chi connectivity index (χ1) is 10.6. The van der Waals surface area contributed by atoms with Gasteiger partial charge in [-0.1, -0.05) is 31.4 Å². The molecule has 1 saturated carbocycles. The predicted molar refractivity (Wildman–Crippen MR) is 92.4 cm³/mol. The summed E-state index contributed by atoms with van der Waals surface area (Å²) in [5, 5.41) is 16.7. The maximum atomic E-state index is 9.85. The summed E-state index contributed by atoms with van der Waals surface area (Å²) in [4.78, 5) is 4.70. The van der Waals surface area contributed by atoms with Gasteiger partial charge in [0.25, 0.3) is 0 Å². The van der Waals surface area contributed by atoms with Crippen LogP contribution in [0.2, 0.25) is 0 Å². The Hall–Kier alpha value is -1.71. The highest BCUT2D eigenvalue weighted by atomic mass is 16.3. The third-order valence-corrected chi connectivity index (χ3v) is 4.26. The van der Waals surface area contributed by atoms with Crippen LogP contribution in [-0.2, 0) is 6.54 Å². The van der Waals surface area contributed by atoms with Crippen LogP contribution in [0.25, 0.3) is 0 Å². The summed E-state index contributed by atoms with van der Waals surface area (Å²) in [6.07, 6.45) is 6.46. The first-order valence-electron chi connectivity index (χ1n) is 8.44. The predicted octanol–water partition coefficient (Wildman–Crippen LogP) is 3.40. The number of nitrogens with one attached hydrogen (secondary N) is 2. The van der Waals surface area contributed by atoms with Crippen LogP contribution in [-0.4, -0.2) is 23.7 Å². The number of hydrogen-bond acceptors (Lipinski definition) is 2. The van der Waals surface area contributed by atoms with Crippen LogP contribution >= 0.6 is 0 Å². The number of phenols is 1. The van der Waals surface area contributed by atoms with Crippen molar-refractivity contribution < 1.29 is 5.11 Å². The molecule has 0 unspecified atom stereocenters. The standard InChI is InChI=1S/C18H29N3O/c1-4-19-18(21-16-8-6-5-7-9-16)20-12-15-10-13(2)17(22)14(3)11-15/h10-11,16,22H,4-9,12H2,1-3H3,(H2,19,20,21). The number of rotatable bonds is 4. The molecule has 4 heteroatoms. The third kappa shape index (κ3) is 4.65. The Labute approximate surface area is 134 Å². The van der Waals surface area contributed by atoms with Gasteiger partial charge in [-0.05, 0) is 50.3 Å². The molecule has 0 aromatic heterocycles. The molecule has 0 bridgehead atoms. The van der Waals surface area contributed by atoms with Gasteiger partial charge in [-0.25, -0.2) is 4.99 Å². The van der Waals surface area contributed by atoms with Crippen LogP contribution in [0.15, 0.2) is 17.1 Å². The molecule has 3 N–H and O–H groups in total. The van der Waals surface area contributed by atoms with Gasteiger partial charge < -0.3 is 15.7 Å². The number of phenolic OH excluding ortho intramolecular Hbond substituents is 1. The van der Waals surface area contributed by atoms with Gasteiger partial charge in [-0.15, -0.1) is 0 Å². The van der Waals surface area contributed by atoms with Crippen molar-refractivity contribution in [2.24, 2.45) is 4.99 Å². The van der Waals surface area contributed by atoms with Crippen molar-refractivity contribution in [1.82, 2.24) is 10.6 Å². The van der Waals surface area contributed by atoms with Gasteiger partial charge in [0.2, 0.25) is 0 Å². The molecule has 4 nitrogen and oxygen atoms in total. The van der Waals surface area contributed by atoms with E-state index in [4.69, 9.17) is 4.99 Å². The summed E-state index contributed by atoms with van der Waals surface area (Å²) in [6, 6.07) is 4.57. The third-order valence-electron chi connectivity index (χ3n) is 4.26. The summed E-state index contributed by atoms with van der Waals surface area (Å²) >= 11 is 0. The summed E-state index contributed by atoms with van der Waals surface area (Å²) in [5.74, 6) is 1.29. The van der Waals surface area contributed by atoms with Gasteiger partial charge in [-0.2, -0.15) is 0 Å². The number of aliphatic imine (C=N–C) groups is 1. The minimum absolute atomic E-state index is 0.389. The van der Waals surface area contributed by atoms with Crippen molar-refractivity contribution in [1.29, 1.82) is 0 Å². The lowest BCUT2D eigenvalue weighted by Crippen LogP contribution is -2.44. The molecular formula is C18H29N3O. The first kappa shape index (κ1) is 16.7. The molecule has 1 fully saturated rings. The van der Waals surface area contributed by atoms with Crippen LogP contribution in [0, 0.1) is 13.8 Å². The van der Waals surface area contributed by atoms with Gasteiger partial charge in [0, 0.05) is 12.6 Å². The second kappa shape index (κ2) is 8.06. The van der Waals surface area contributed by atoms with Crippen molar-refractivity contribution in [3.8, 4) is 5.75 Å². The average Bonchev–Trinajstić information content (AvgIpc) is 2.51. The molecular weight excluding hydrogens is 274 g/mol. The zero-order valence-corrected chi connectivity index (χ0v) is 14.1. The van der Waals surface area contributed by atoms with E-state index in [9.17, 15) is 5.11 Å². The lowest BCUT2D eigenvalue weighted by Gasteiger charge is -2.24. The van der Waals surface area contributed by atoms with E-state index in [2.05, 4.69) is 17.6 Å². The molecule has 2 rings (SSSR count). The SMILES string of the molecule is CCNC(=NCc1cc(C)c(O)c(C)c1)NC1CCCCC1. The molecule has 1 aromatic rings. The largest absolute Gasteiger partial charge is 0.507 e. The first-order valence-corrected chi connectivity index (χ1v) is 8.44. The van der Waals surface area contributed by atoms with E-state index in [0.717, 1.165) is 29.2 Å². The molecule has 0 saturated heterocycles. The second-order valence-electron chi connectivity index (χ2n) is 6.25. The van der Waals surface area contributed by atoms with Gasteiger partial charge in [0.15, 0.2) is 5.96 Å². The summed E-state index contributed by atoms with van der Waals surface area (Å²) < 4.78 is 0. The molecule has 0 spiro atoms. The van der Waals surface area contributed by atoms with Crippen LogP contribution in [0.4, 0.5) is 0 Å². The van der Waals surface area contributed by atoms with E-state index >= 15 is 0 Å². The lowest BCUT2D eigenvalue weighted by atomic mass is 9.96. The maximum Gasteiger partial charge on any atom is 0.191 e. The Bertz CT molecular complexity index is 496. The zero-order valence-electron chi connectivity index (χ0n) is 14.1. The van der Waals surface area contributed by atoms with E-state index in [0.29, 0.717) is 18.3 Å². The minimum Gasteiger partial charge on any atom is -0.507 e. The zero-order chi connectivity index (χ0) is 15.9. The Balaban J connectivity index is 2.02. The Kier molecular flexibility index (Phi) is 6.10. The Morgan fingerprint density at radius 3 is 2.41 bits per heavy atom. The van der Waals surface area contributed by atoms with Crippen molar-refractivity contribution in [2.75, 3.05) is 6.54 Å². The molecule has 1 aromatic carbocycles. The van der Waals surface area contributed by atoms with E-state index in [-0.39, 0.29) is 0 Å². The van der Waals surface area contributed by atoms with Crippen molar-refractivity contribution in [3.05, 3.63) is 28.8 Å². The molecule has 0 heterocycles. The van der Waals surface area contributed by atoms with Crippen molar-refractivity contribution in [2.45, 2.75) is 65.5 Å². The van der Waals surface area contributed by atoms with Crippen LogP contribution in [0.5, 0.6) is 5.75 Å². The summed E-state index contributed by atoms with van der Waals surface area (Å²) in [6.45, 7) is 7.45. The number of guanidine groups is 1. The van der Waals surface area contributed by atoms with Crippen molar-refractivity contribution >= 4 is 5.96 Å². The summed E-state index contributed by atoms with van der Waals surface area (Å²) in [5.41, 5.74) is 2.96. The molecule has 0 radical (unpaired) electrons. The molecule has 0 amide bonds.